The largest absolute Gasteiger partial charge is 0.476 e. The number of ether oxygens (including phenoxy) is 2. The van der Waals surface area contributed by atoms with Crippen LogP contribution in [0.2, 0.25) is 0 Å². The Morgan fingerprint density at radius 1 is 1.59 bits per heavy atom. The number of nitrogens with two attached hydrogens (primary N) is 1. The van der Waals surface area contributed by atoms with Gasteiger partial charge in [0.25, 0.3) is 0 Å². The van der Waals surface area contributed by atoms with Crippen LogP contribution in [-0.4, -0.2) is 18.7 Å². The SMILES string of the molecule is CC(N)c1ccc(OC2CCOC2=O)c(F)c1. The summed E-state index contributed by atoms with van der Waals surface area (Å²) in [6.07, 6.45) is -0.251. The molecule has 17 heavy (non-hydrogen) atoms. The first-order chi connectivity index (χ1) is 8.08. The quantitative estimate of drug-likeness (QED) is 0.813. The molecule has 1 aliphatic rings. The lowest BCUT2D eigenvalue weighted by Gasteiger charge is -2.12. The van der Waals surface area contributed by atoms with Crippen LogP contribution >= 0.6 is 0 Å². The lowest BCUT2D eigenvalue weighted by atomic mass is 10.1. The van der Waals surface area contributed by atoms with E-state index in [-0.39, 0.29) is 11.8 Å². The zero-order valence-electron chi connectivity index (χ0n) is 9.48. The molecule has 4 nitrogen and oxygen atoms in total. The van der Waals surface area contributed by atoms with Gasteiger partial charge in [0.1, 0.15) is 0 Å². The normalized spacial score (nSPS) is 21.1. The number of carbonyl (C=O) groups is 1. The lowest BCUT2D eigenvalue weighted by molar-refractivity contribution is -0.143. The van der Waals surface area contributed by atoms with E-state index in [1.54, 1.807) is 13.0 Å². The summed E-state index contributed by atoms with van der Waals surface area (Å²) in [5, 5.41) is 0. The number of hydrogen-bond donors (Lipinski definition) is 1. The van der Waals surface area contributed by atoms with Crippen LogP contribution in [0.25, 0.3) is 0 Å². The Morgan fingerprint density at radius 3 is 2.88 bits per heavy atom. The number of esters is 1. The van der Waals surface area contributed by atoms with Gasteiger partial charge in [-0.05, 0) is 24.6 Å². The summed E-state index contributed by atoms with van der Waals surface area (Å²) in [6.45, 7) is 2.09. The first-order valence-corrected chi connectivity index (χ1v) is 5.46. The van der Waals surface area contributed by atoms with Gasteiger partial charge in [0, 0.05) is 12.5 Å². The highest BCUT2D eigenvalue weighted by atomic mass is 19.1. The molecule has 2 atom stereocenters. The van der Waals surface area contributed by atoms with Crippen LogP contribution in [0.5, 0.6) is 5.75 Å². The highest BCUT2D eigenvalue weighted by molar-refractivity contribution is 5.76. The summed E-state index contributed by atoms with van der Waals surface area (Å²) in [7, 11) is 0. The highest BCUT2D eigenvalue weighted by Crippen LogP contribution is 2.24. The van der Waals surface area contributed by atoms with Crippen LogP contribution in [-0.2, 0) is 9.53 Å². The van der Waals surface area contributed by atoms with Crippen molar-refractivity contribution in [1.29, 1.82) is 0 Å². The first kappa shape index (κ1) is 11.9. The van der Waals surface area contributed by atoms with E-state index in [0.29, 0.717) is 18.6 Å². The number of benzene rings is 1. The second-order valence-electron chi connectivity index (χ2n) is 4.04. The standard InChI is InChI=1S/C12H14FNO3/c1-7(14)8-2-3-10(9(13)6-8)17-11-4-5-16-12(11)15/h2-3,6-7,11H,4-5,14H2,1H3. The van der Waals surface area contributed by atoms with Crippen LogP contribution < -0.4 is 10.5 Å². The van der Waals surface area contributed by atoms with E-state index in [1.807, 2.05) is 0 Å². The fraction of sp³-hybridized carbons (Fsp3) is 0.417. The number of rotatable bonds is 3. The number of halogens is 1. The fourth-order valence-electron chi connectivity index (χ4n) is 1.63. The monoisotopic (exact) mass is 239 g/mol. The van der Waals surface area contributed by atoms with Gasteiger partial charge < -0.3 is 15.2 Å². The summed E-state index contributed by atoms with van der Waals surface area (Å²) < 4.78 is 23.7. The van der Waals surface area contributed by atoms with Gasteiger partial charge in [-0.25, -0.2) is 9.18 Å². The number of cyclic esters (lactones) is 1. The molecule has 1 heterocycles. The molecular formula is C12H14FNO3. The van der Waals surface area contributed by atoms with Gasteiger partial charge in [0.2, 0.25) is 0 Å². The molecule has 1 aromatic rings. The molecule has 2 unspecified atom stereocenters. The summed E-state index contributed by atoms with van der Waals surface area (Å²) in [5.41, 5.74) is 6.32. The predicted molar refractivity (Wildman–Crippen MR) is 59.0 cm³/mol. The molecule has 1 saturated heterocycles. The van der Waals surface area contributed by atoms with Gasteiger partial charge in [-0.15, -0.1) is 0 Å². The van der Waals surface area contributed by atoms with Gasteiger partial charge in [0.05, 0.1) is 6.61 Å². The Kier molecular flexibility index (Phi) is 3.28. The van der Waals surface area contributed by atoms with E-state index in [9.17, 15) is 9.18 Å². The van der Waals surface area contributed by atoms with E-state index in [0.717, 1.165) is 0 Å². The Balaban J connectivity index is 2.14. The third-order valence-corrected chi connectivity index (χ3v) is 2.64. The smallest absolute Gasteiger partial charge is 0.347 e. The lowest BCUT2D eigenvalue weighted by Crippen LogP contribution is -2.22. The summed E-state index contributed by atoms with van der Waals surface area (Å²) in [5.74, 6) is -0.904. The fourth-order valence-corrected chi connectivity index (χ4v) is 1.63. The zero-order chi connectivity index (χ0) is 12.4. The van der Waals surface area contributed by atoms with Crippen LogP contribution in [0, 0.1) is 5.82 Å². The molecule has 0 amide bonds. The molecule has 5 heteroatoms. The molecule has 0 saturated carbocycles. The molecule has 0 spiro atoms. The molecule has 2 N–H and O–H groups in total. The van der Waals surface area contributed by atoms with E-state index in [1.165, 1.54) is 12.1 Å². The van der Waals surface area contributed by atoms with Crippen molar-refractivity contribution in [2.45, 2.75) is 25.5 Å². The minimum atomic E-state index is -0.703. The van der Waals surface area contributed by atoms with Gasteiger partial charge in [-0.2, -0.15) is 0 Å². The Labute approximate surface area is 98.5 Å². The maximum atomic E-state index is 13.7. The molecule has 2 rings (SSSR count). The minimum Gasteiger partial charge on any atom is -0.476 e. The van der Waals surface area contributed by atoms with E-state index < -0.39 is 17.9 Å². The third-order valence-electron chi connectivity index (χ3n) is 2.64. The second-order valence-corrected chi connectivity index (χ2v) is 4.04. The molecule has 0 aromatic heterocycles. The van der Waals surface area contributed by atoms with Crippen molar-refractivity contribution in [2.24, 2.45) is 5.73 Å². The first-order valence-electron chi connectivity index (χ1n) is 5.46. The summed E-state index contributed by atoms with van der Waals surface area (Å²) in [4.78, 5) is 11.2. The molecule has 0 aliphatic carbocycles. The van der Waals surface area contributed by atoms with Crippen molar-refractivity contribution in [3.8, 4) is 5.75 Å². The van der Waals surface area contributed by atoms with Gasteiger partial charge in [0.15, 0.2) is 17.7 Å². The van der Waals surface area contributed by atoms with Crippen LogP contribution in [0.1, 0.15) is 24.9 Å². The van der Waals surface area contributed by atoms with E-state index >= 15 is 0 Å². The van der Waals surface area contributed by atoms with Gasteiger partial charge in [-0.1, -0.05) is 6.07 Å². The molecule has 1 aromatic carbocycles. The van der Waals surface area contributed by atoms with Crippen molar-refractivity contribution < 1.29 is 18.7 Å². The van der Waals surface area contributed by atoms with Gasteiger partial charge >= 0.3 is 5.97 Å². The maximum Gasteiger partial charge on any atom is 0.347 e. The molecule has 92 valence electrons. The average molecular weight is 239 g/mol. The average Bonchev–Trinajstić information content (AvgIpc) is 2.67. The number of hydrogen-bond acceptors (Lipinski definition) is 4. The van der Waals surface area contributed by atoms with Crippen molar-refractivity contribution in [2.75, 3.05) is 6.61 Å². The second kappa shape index (κ2) is 4.71. The van der Waals surface area contributed by atoms with Crippen LogP contribution in [0.3, 0.4) is 0 Å². The Bertz CT molecular complexity index is 434. The topological polar surface area (TPSA) is 61.6 Å². The molecular weight excluding hydrogens is 225 g/mol. The van der Waals surface area contributed by atoms with Crippen molar-refractivity contribution in [3.05, 3.63) is 29.6 Å². The van der Waals surface area contributed by atoms with Crippen LogP contribution in [0.15, 0.2) is 18.2 Å². The molecule has 1 aliphatic heterocycles. The predicted octanol–water partition coefficient (Wildman–Crippen LogP) is 1.54. The Hall–Kier alpha value is -1.62. The zero-order valence-corrected chi connectivity index (χ0v) is 9.48. The molecule has 0 bridgehead atoms. The van der Waals surface area contributed by atoms with E-state index in [4.69, 9.17) is 15.2 Å². The maximum absolute atomic E-state index is 13.7. The van der Waals surface area contributed by atoms with Crippen molar-refractivity contribution in [1.82, 2.24) is 0 Å². The molecule has 0 radical (unpaired) electrons. The Morgan fingerprint density at radius 2 is 2.35 bits per heavy atom. The van der Waals surface area contributed by atoms with Crippen LogP contribution in [0.4, 0.5) is 4.39 Å². The van der Waals surface area contributed by atoms with Crippen molar-refractivity contribution in [3.63, 3.8) is 0 Å². The third kappa shape index (κ3) is 2.55. The summed E-state index contributed by atoms with van der Waals surface area (Å²) in [6, 6.07) is 4.25. The number of carbonyl (C=O) groups excluding carboxylic acids is 1. The summed E-state index contributed by atoms with van der Waals surface area (Å²) >= 11 is 0. The van der Waals surface area contributed by atoms with Gasteiger partial charge in [-0.3, -0.25) is 0 Å². The minimum absolute atomic E-state index is 0.0539. The highest BCUT2D eigenvalue weighted by Gasteiger charge is 2.29. The van der Waals surface area contributed by atoms with E-state index in [2.05, 4.69) is 0 Å². The molecule has 1 fully saturated rings. The van der Waals surface area contributed by atoms with Crippen molar-refractivity contribution >= 4 is 5.97 Å².